The Bertz CT molecular complexity index is 769. The molecule has 3 aromatic rings. The zero-order valence-corrected chi connectivity index (χ0v) is 11.0. The number of nitrogens with two attached hydrogens (primary N) is 1. The van der Waals surface area contributed by atoms with E-state index in [-0.39, 0.29) is 11.6 Å². The van der Waals surface area contributed by atoms with Crippen LogP contribution in [0.1, 0.15) is 10.5 Å². The summed E-state index contributed by atoms with van der Waals surface area (Å²) in [7, 11) is 0. The largest absolute Gasteiger partial charge is 0.444 e. The number of aromatic nitrogens is 2. The lowest BCUT2D eigenvalue weighted by Gasteiger charge is -2.07. The van der Waals surface area contributed by atoms with E-state index in [0.29, 0.717) is 17.1 Å². The molecule has 3 rings (SSSR count). The van der Waals surface area contributed by atoms with Crippen LogP contribution in [0.4, 0.5) is 11.4 Å². The van der Waals surface area contributed by atoms with Gasteiger partial charge in [0.2, 0.25) is 0 Å². The van der Waals surface area contributed by atoms with Crippen molar-refractivity contribution in [1.82, 2.24) is 9.97 Å². The Morgan fingerprint density at radius 3 is 2.90 bits per heavy atom. The quantitative estimate of drug-likeness (QED) is 0.769. The van der Waals surface area contributed by atoms with Gasteiger partial charge in [-0.15, -0.1) is 0 Å². The SMILES string of the molecule is Nc1cccnc1C(=O)Nc1cccc(-c2cnco2)c1. The third-order valence-corrected chi connectivity index (χ3v) is 2.89. The number of benzene rings is 1. The van der Waals surface area contributed by atoms with Crippen LogP contribution >= 0.6 is 0 Å². The van der Waals surface area contributed by atoms with Crippen LogP contribution in [0, 0.1) is 0 Å². The molecule has 0 radical (unpaired) electrons. The minimum atomic E-state index is -0.359. The van der Waals surface area contributed by atoms with Crippen molar-refractivity contribution in [1.29, 1.82) is 0 Å². The fourth-order valence-corrected chi connectivity index (χ4v) is 1.91. The van der Waals surface area contributed by atoms with Gasteiger partial charge in [-0.2, -0.15) is 0 Å². The number of nitrogen functional groups attached to an aromatic ring is 1. The topological polar surface area (TPSA) is 94.0 Å². The first-order chi connectivity index (χ1) is 10.2. The highest BCUT2D eigenvalue weighted by Crippen LogP contribution is 2.22. The van der Waals surface area contributed by atoms with Crippen molar-refractivity contribution in [3.8, 4) is 11.3 Å². The van der Waals surface area contributed by atoms with E-state index in [2.05, 4.69) is 15.3 Å². The standard InChI is InChI=1S/C15H12N4O2/c16-12-5-2-6-18-14(12)15(20)19-11-4-1-3-10(7-11)13-8-17-9-21-13/h1-9H,16H2,(H,19,20). The van der Waals surface area contributed by atoms with Crippen LogP contribution in [0.3, 0.4) is 0 Å². The van der Waals surface area contributed by atoms with Gasteiger partial charge in [-0.1, -0.05) is 12.1 Å². The Labute approximate surface area is 120 Å². The summed E-state index contributed by atoms with van der Waals surface area (Å²) < 4.78 is 5.23. The maximum absolute atomic E-state index is 12.1. The summed E-state index contributed by atoms with van der Waals surface area (Å²) in [5.74, 6) is 0.270. The van der Waals surface area contributed by atoms with Crippen molar-refractivity contribution in [3.63, 3.8) is 0 Å². The number of rotatable bonds is 3. The van der Waals surface area contributed by atoms with Gasteiger partial charge >= 0.3 is 0 Å². The number of hydrogen-bond acceptors (Lipinski definition) is 5. The van der Waals surface area contributed by atoms with Gasteiger partial charge in [0.05, 0.1) is 11.9 Å². The van der Waals surface area contributed by atoms with E-state index < -0.39 is 0 Å². The molecule has 6 nitrogen and oxygen atoms in total. The predicted octanol–water partition coefficient (Wildman–Crippen LogP) is 2.57. The molecule has 3 N–H and O–H groups in total. The van der Waals surface area contributed by atoms with Gasteiger partial charge in [0, 0.05) is 17.4 Å². The average Bonchev–Trinajstić information content (AvgIpc) is 3.02. The molecular formula is C15H12N4O2. The molecule has 0 aliphatic heterocycles. The fraction of sp³-hybridized carbons (Fsp3) is 0. The number of amides is 1. The number of carbonyl (C=O) groups is 1. The molecular weight excluding hydrogens is 268 g/mol. The zero-order valence-electron chi connectivity index (χ0n) is 11.0. The Morgan fingerprint density at radius 2 is 2.14 bits per heavy atom. The van der Waals surface area contributed by atoms with E-state index in [1.165, 1.54) is 12.6 Å². The molecule has 0 saturated heterocycles. The van der Waals surface area contributed by atoms with Crippen LogP contribution in [-0.4, -0.2) is 15.9 Å². The van der Waals surface area contributed by atoms with E-state index in [0.717, 1.165) is 5.56 Å². The molecule has 1 amide bonds. The Balaban J connectivity index is 1.84. The molecule has 0 bridgehead atoms. The molecule has 2 heterocycles. The highest BCUT2D eigenvalue weighted by atomic mass is 16.3. The summed E-state index contributed by atoms with van der Waals surface area (Å²) in [4.78, 5) is 20.0. The van der Waals surface area contributed by atoms with E-state index in [1.54, 1.807) is 30.5 Å². The van der Waals surface area contributed by atoms with E-state index in [4.69, 9.17) is 10.2 Å². The van der Waals surface area contributed by atoms with Gasteiger partial charge in [0.15, 0.2) is 17.8 Å². The first-order valence-corrected chi connectivity index (χ1v) is 6.25. The summed E-state index contributed by atoms with van der Waals surface area (Å²) in [5, 5.41) is 2.76. The molecule has 0 saturated carbocycles. The minimum absolute atomic E-state index is 0.197. The number of pyridine rings is 1. The van der Waals surface area contributed by atoms with Crippen LogP contribution in [0.5, 0.6) is 0 Å². The van der Waals surface area contributed by atoms with Crippen LogP contribution in [0.25, 0.3) is 11.3 Å². The molecule has 6 heteroatoms. The lowest BCUT2D eigenvalue weighted by molar-refractivity contribution is 0.102. The molecule has 0 fully saturated rings. The lowest BCUT2D eigenvalue weighted by Crippen LogP contribution is -2.15. The van der Waals surface area contributed by atoms with Crippen molar-refractivity contribution in [2.75, 3.05) is 11.1 Å². The van der Waals surface area contributed by atoms with Gasteiger partial charge in [-0.05, 0) is 24.3 Å². The first kappa shape index (κ1) is 12.9. The monoisotopic (exact) mass is 280 g/mol. The van der Waals surface area contributed by atoms with E-state index >= 15 is 0 Å². The molecule has 0 atom stereocenters. The van der Waals surface area contributed by atoms with Crippen LogP contribution in [0.2, 0.25) is 0 Å². The number of anilines is 2. The third-order valence-electron chi connectivity index (χ3n) is 2.89. The fourth-order valence-electron chi connectivity index (χ4n) is 1.91. The molecule has 0 unspecified atom stereocenters. The molecule has 0 aliphatic rings. The highest BCUT2D eigenvalue weighted by Gasteiger charge is 2.11. The molecule has 104 valence electrons. The smallest absolute Gasteiger partial charge is 0.276 e. The second-order valence-corrected chi connectivity index (χ2v) is 4.34. The minimum Gasteiger partial charge on any atom is -0.444 e. The summed E-state index contributed by atoms with van der Waals surface area (Å²) in [6.45, 7) is 0. The molecule has 0 spiro atoms. The van der Waals surface area contributed by atoms with Crippen LogP contribution in [0.15, 0.2) is 59.6 Å². The van der Waals surface area contributed by atoms with E-state index in [1.807, 2.05) is 12.1 Å². The number of nitrogens with zero attached hydrogens (tertiary/aromatic N) is 2. The van der Waals surface area contributed by atoms with Gasteiger partial charge in [-0.3, -0.25) is 4.79 Å². The number of carbonyl (C=O) groups excluding carboxylic acids is 1. The summed E-state index contributed by atoms with van der Waals surface area (Å²) in [6, 6.07) is 10.6. The number of oxazole rings is 1. The van der Waals surface area contributed by atoms with Crippen molar-refractivity contribution in [3.05, 3.63) is 60.9 Å². The Hall–Kier alpha value is -3.15. The van der Waals surface area contributed by atoms with Gasteiger partial charge in [0.1, 0.15) is 0 Å². The number of nitrogens with one attached hydrogen (secondary N) is 1. The predicted molar refractivity (Wildman–Crippen MR) is 78.5 cm³/mol. The second kappa shape index (κ2) is 5.46. The van der Waals surface area contributed by atoms with Crippen molar-refractivity contribution >= 4 is 17.3 Å². The van der Waals surface area contributed by atoms with Crippen molar-refractivity contribution in [2.24, 2.45) is 0 Å². The summed E-state index contributed by atoms with van der Waals surface area (Å²) >= 11 is 0. The molecule has 1 aromatic carbocycles. The highest BCUT2D eigenvalue weighted by molar-refractivity contribution is 6.06. The molecule has 2 aromatic heterocycles. The van der Waals surface area contributed by atoms with Crippen LogP contribution < -0.4 is 11.1 Å². The normalized spacial score (nSPS) is 10.3. The maximum Gasteiger partial charge on any atom is 0.276 e. The van der Waals surface area contributed by atoms with Gasteiger partial charge in [-0.25, -0.2) is 9.97 Å². The van der Waals surface area contributed by atoms with Crippen molar-refractivity contribution in [2.45, 2.75) is 0 Å². The van der Waals surface area contributed by atoms with Crippen molar-refractivity contribution < 1.29 is 9.21 Å². The molecule has 21 heavy (non-hydrogen) atoms. The maximum atomic E-state index is 12.1. The molecule has 0 aliphatic carbocycles. The lowest BCUT2D eigenvalue weighted by atomic mass is 10.1. The summed E-state index contributed by atoms with van der Waals surface area (Å²) in [5.41, 5.74) is 7.71. The third kappa shape index (κ3) is 2.74. The first-order valence-electron chi connectivity index (χ1n) is 6.25. The van der Waals surface area contributed by atoms with Crippen LogP contribution in [-0.2, 0) is 0 Å². The number of hydrogen-bond donors (Lipinski definition) is 2. The Kier molecular flexibility index (Phi) is 3.34. The zero-order chi connectivity index (χ0) is 14.7. The Morgan fingerprint density at radius 1 is 1.24 bits per heavy atom. The summed E-state index contributed by atoms with van der Waals surface area (Å²) in [6.07, 6.45) is 4.49. The van der Waals surface area contributed by atoms with Gasteiger partial charge in [0.25, 0.3) is 5.91 Å². The average molecular weight is 280 g/mol. The van der Waals surface area contributed by atoms with E-state index in [9.17, 15) is 4.79 Å². The second-order valence-electron chi connectivity index (χ2n) is 4.34. The van der Waals surface area contributed by atoms with Gasteiger partial charge < -0.3 is 15.5 Å².